The van der Waals surface area contributed by atoms with Crippen molar-refractivity contribution >= 4 is 20.2 Å². The van der Waals surface area contributed by atoms with Gasteiger partial charge in [0.2, 0.25) is 0 Å². The molecule has 0 aliphatic carbocycles. The van der Waals surface area contributed by atoms with Crippen molar-refractivity contribution in [3.63, 3.8) is 0 Å². The largest absolute Gasteiger partial charge is 0.748 e. The number of nitrogens with zero attached hydrogens (tertiary/aromatic N) is 2. The molecular formula is C36H80N2O6S2. The minimum Gasteiger partial charge on any atom is -0.748 e. The molecule has 0 aromatic rings. The van der Waals surface area contributed by atoms with Crippen LogP contribution in [0.2, 0.25) is 0 Å². The fourth-order valence-corrected chi connectivity index (χ4v) is 6.96. The zero-order valence-corrected chi connectivity index (χ0v) is 33.6. The molecule has 0 spiro atoms. The lowest BCUT2D eigenvalue weighted by Gasteiger charge is -2.39. The molecule has 0 N–H and O–H groups in total. The van der Waals surface area contributed by atoms with Crippen LogP contribution in [0.1, 0.15) is 171 Å². The lowest BCUT2D eigenvalue weighted by atomic mass is 10.1. The van der Waals surface area contributed by atoms with Crippen LogP contribution in [-0.2, 0) is 20.2 Å². The Kier molecular flexibility index (Phi) is 34.8. The van der Waals surface area contributed by atoms with Crippen molar-refractivity contribution in [2.75, 3.05) is 63.9 Å². The summed E-state index contributed by atoms with van der Waals surface area (Å²) in [6.07, 6.45) is 21.9. The Balaban J connectivity index is -0.000000614. The van der Waals surface area contributed by atoms with Gasteiger partial charge in [0.1, 0.15) is 0 Å². The molecule has 0 aliphatic rings. The lowest BCUT2D eigenvalue weighted by molar-refractivity contribution is -0.929. The predicted octanol–water partition coefficient (Wildman–Crippen LogP) is 8.86. The van der Waals surface area contributed by atoms with Gasteiger partial charge in [-0.2, -0.15) is 0 Å². The van der Waals surface area contributed by atoms with E-state index in [9.17, 15) is 25.9 Å². The third kappa shape index (κ3) is 33.6. The average Bonchev–Trinajstić information content (AvgIpc) is 3.01. The molecule has 0 atom stereocenters. The van der Waals surface area contributed by atoms with Gasteiger partial charge in [-0.25, -0.2) is 16.8 Å². The molecular weight excluding hydrogens is 621 g/mol. The van der Waals surface area contributed by atoms with Crippen LogP contribution < -0.4 is 0 Å². The minimum atomic E-state index is -4.29. The molecule has 0 rings (SSSR count). The van der Waals surface area contributed by atoms with E-state index in [1.54, 1.807) is 0 Å². The van der Waals surface area contributed by atoms with Crippen LogP contribution in [0.15, 0.2) is 0 Å². The van der Waals surface area contributed by atoms with Gasteiger partial charge in [0, 0.05) is 11.5 Å². The van der Waals surface area contributed by atoms with Gasteiger partial charge in [-0.15, -0.1) is 0 Å². The van der Waals surface area contributed by atoms with Crippen molar-refractivity contribution in [1.29, 1.82) is 0 Å². The molecule has 0 saturated carbocycles. The second-order valence-corrected chi connectivity index (χ2v) is 16.6. The second-order valence-electron chi connectivity index (χ2n) is 13.5. The van der Waals surface area contributed by atoms with E-state index >= 15 is 0 Å². The van der Waals surface area contributed by atoms with E-state index in [2.05, 4.69) is 55.4 Å². The highest BCUT2D eigenvalue weighted by Gasteiger charge is 2.25. The number of hydrogen-bond donors (Lipinski definition) is 0. The average molecular weight is 701 g/mol. The van der Waals surface area contributed by atoms with Crippen LogP contribution in [0.4, 0.5) is 0 Å². The predicted molar refractivity (Wildman–Crippen MR) is 197 cm³/mol. The summed E-state index contributed by atoms with van der Waals surface area (Å²) in [7, 11) is -8.58. The highest BCUT2D eigenvalue weighted by molar-refractivity contribution is 7.86. The van der Waals surface area contributed by atoms with Gasteiger partial charge in [-0.05, 0) is 64.2 Å². The number of hydrogen-bond acceptors (Lipinski definition) is 6. The first-order chi connectivity index (χ1) is 21.7. The first kappa shape index (κ1) is 50.1. The van der Waals surface area contributed by atoms with E-state index < -0.39 is 31.7 Å². The van der Waals surface area contributed by atoms with Gasteiger partial charge in [0.15, 0.2) is 0 Å². The summed E-state index contributed by atoms with van der Waals surface area (Å²) in [4.78, 5) is 0. The Morgan fingerprint density at radius 2 is 0.478 bits per heavy atom. The number of quaternary nitrogens is 2. The van der Waals surface area contributed by atoms with Crippen molar-refractivity contribution in [3.8, 4) is 0 Å². The lowest BCUT2D eigenvalue weighted by Crippen LogP contribution is -2.50. The van der Waals surface area contributed by atoms with Crippen LogP contribution in [0.25, 0.3) is 0 Å². The van der Waals surface area contributed by atoms with E-state index in [0.29, 0.717) is 0 Å². The molecule has 0 saturated heterocycles. The quantitative estimate of drug-likeness (QED) is 0.0438. The van der Waals surface area contributed by atoms with Crippen LogP contribution in [0, 0.1) is 0 Å². The van der Waals surface area contributed by atoms with E-state index in [1.807, 2.05) is 0 Å². The van der Waals surface area contributed by atoms with Gasteiger partial charge in [-0.3, -0.25) is 0 Å². The molecule has 282 valence electrons. The summed E-state index contributed by atoms with van der Waals surface area (Å²) in [5.41, 5.74) is 0. The fraction of sp³-hybridized carbons (Fsp3) is 1.00. The molecule has 0 aliphatic heterocycles. The van der Waals surface area contributed by atoms with Gasteiger partial charge >= 0.3 is 0 Å². The fourth-order valence-electron chi connectivity index (χ4n) is 5.85. The maximum atomic E-state index is 9.97. The topological polar surface area (TPSA) is 114 Å². The second kappa shape index (κ2) is 32.0. The maximum Gasteiger partial charge on any atom is 0.0945 e. The minimum absolute atomic E-state index is 0.0900. The van der Waals surface area contributed by atoms with Crippen molar-refractivity contribution < 1.29 is 34.9 Å². The molecule has 46 heavy (non-hydrogen) atoms. The van der Waals surface area contributed by atoms with Crippen LogP contribution in [-0.4, -0.2) is 98.8 Å². The van der Waals surface area contributed by atoms with Crippen molar-refractivity contribution in [1.82, 2.24) is 0 Å². The molecule has 0 amide bonds. The van der Waals surface area contributed by atoms with E-state index in [4.69, 9.17) is 0 Å². The highest BCUT2D eigenvalue weighted by Crippen LogP contribution is 2.17. The summed E-state index contributed by atoms with van der Waals surface area (Å²) in [6, 6.07) is 0. The van der Waals surface area contributed by atoms with E-state index in [0.717, 1.165) is 0 Å². The summed E-state index contributed by atoms with van der Waals surface area (Å²) < 4.78 is 62.7. The Morgan fingerprint density at radius 1 is 0.326 bits per heavy atom. The van der Waals surface area contributed by atoms with Crippen molar-refractivity contribution in [2.24, 2.45) is 0 Å². The third-order valence-corrected chi connectivity index (χ3v) is 10.5. The first-order valence-corrected chi connectivity index (χ1v) is 22.4. The summed E-state index contributed by atoms with van der Waals surface area (Å²) >= 11 is 0. The molecule has 10 heteroatoms. The number of unbranched alkanes of at least 4 members (excludes halogenated alkanes) is 9. The van der Waals surface area contributed by atoms with Crippen molar-refractivity contribution in [2.45, 2.75) is 171 Å². The first-order valence-electron chi connectivity index (χ1n) is 19.3. The Bertz CT molecular complexity index is 706. The zero-order chi connectivity index (χ0) is 35.8. The molecule has 0 fully saturated rings. The molecule has 0 bridgehead atoms. The Hall–Kier alpha value is -0.260. The zero-order valence-electron chi connectivity index (χ0n) is 32.0. The summed E-state index contributed by atoms with van der Waals surface area (Å²) in [5.74, 6) is -1.24. The molecule has 0 unspecified atom stereocenters. The Morgan fingerprint density at radius 3 is 0.587 bits per heavy atom. The molecule has 8 nitrogen and oxygen atoms in total. The smallest absolute Gasteiger partial charge is 0.0945 e. The van der Waals surface area contributed by atoms with Gasteiger partial charge < -0.3 is 18.1 Å². The monoisotopic (exact) mass is 701 g/mol. The summed E-state index contributed by atoms with van der Waals surface area (Å²) in [5, 5.41) is 0. The van der Waals surface area contributed by atoms with E-state index in [-0.39, 0.29) is 12.8 Å². The SMILES string of the molecule is CCCC[N+](CCCC)(CCCC)CCCC.CCCC[N+](CCCC)(CCCC)CCCC.O=S(=O)([O-])CCCCS(=O)(=O)[O-]. The van der Waals surface area contributed by atoms with Crippen LogP contribution >= 0.6 is 0 Å². The highest BCUT2D eigenvalue weighted by atomic mass is 32.2. The van der Waals surface area contributed by atoms with Gasteiger partial charge in [0.25, 0.3) is 0 Å². The molecule has 0 radical (unpaired) electrons. The van der Waals surface area contributed by atoms with Gasteiger partial charge in [0.05, 0.1) is 72.6 Å². The molecule has 0 aromatic heterocycles. The molecule has 0 heterocycles. The molecule has 0 aromatic carbocycles. The number of rotatable bonds is 29. The third-order valence-electron chi connectivity index (χ3n) is 8.93. The van der Waals surface area contributed by atoms with E-state index in [1.165, 1.54) is 164 Å². The normalized spacial score (nSPS) is 12.3. The standard InChI is InChI=1S/2C16H36N.C4H10O6S2/c2*1-5-9-13-17(14-10-6-2,15-11-7-3)16-12-8-4;5-11(6,7)3-1-2-4-12(8,9)10/h2*5-16H2,1-4H3;1-4H2,(H,5,6,7)(H,8,9,10)/q2*+1;/p-2. The van der Waals surface area contributed by atoms with Crippen molar-refractivity contribution in [3.05, 3.63) is 0 Å². The Labute approximate surface area is 289 Å². The maximum absolute atomic E-state index is 9.97. The van der Waals surface area contributed by atoms with Crippen LogP contribution in [0.5, 0.6) is 0 Å². The summed E-state index contributed by atoms with van der Waals surface area (Å²) in [6.45, 7) is 30.0. The van der Waals surface area contributed by atoms with Crippen LogP contribution in [0.3, 0.4) is 0 Å². The van der Waals surface area contributed by atoms with Gasteiger partial charge in [-0.1, -0.05) is 107 Å².